The number of rotatable bonds is 3. The summed E-state index contributed by atoms with van der Waals surface area (Å²) in [5.74, 6) is -0.0486. The largest absolute Gasteiger partial charge is 0.325 e. The van der Waals surface area contributed by atoms with E-state index in [1.54, 1.807) is 6.33 Å². The van der Waals surface area contributed by atoms with E-state index in [2.05, 4.69) is 42.3 Å². The number of aryl methyl sites for hydroxylation is 4. The Morgan fingerprint density at radius 1 is 1.00 bits per heavy atom. The molecule has 23 heavy (non-hydrogen) atoms. The van der Waals surface area contributed by atoms with Crippen LogP contribution in [-0.4, -0.2) is 15.5 Å². The van der Waals surface area contributed by atoms with Gasteiger partial charge in [0.1, 0.15) is 6.54 Å². The van der Waals surface area contributed by atoms with Crippen molar-refractivity contribution in [2.75, 3.05) is 5.32 Å². The summed E-state index contributed by atoms with van der Waals surface area (Å²) in [4.78, 5) is 16.7. The Morgan fingerprint density at radius 2 is 1.65 bits per heavy atom. The first kappa shape index (κ1) is 15.3. The Balaban J connectivity index is 1.81. The maximum Gasteiger partial charge on any atom is 0.244 e. The maximum atomic E-state index is 12.3. The van der Waals surface area contributed by atoms with Gasteiger partial charge in [-0.25, -0.2) is 4.98 Å². The highest BCUT2D eigenvalue weighted by Crippen LogP contribution is 2.19. The van der Waals surface area contributed by atoms with Gasteiger partial charge in [0, 0.05) is 5.69 Å². The number of hydrogen-bond donors (Lipinski definition) is 1. The van der Waals surface area contributed by atoms with Gasteiger partial charge in [-0.2, -0.15) is 0 Å². The molecule has 0 spiro atoms. The molecule has 3 aromatic rings. The van der Waals surface area contributed by atoms with E-state index in [1.807, 2.05) is 30.5 Å². The Labute approximate surface area is 136 Å². The van der Waals surface area contributed by atoms with E-state index in [4.69, 9.17) is 0 Å². The van der Waals surface area contributed by atoms with Crippen molar-refractivity contribution >= 4 is 22.6 Å². The Kier molecular flexibility index (Phi) is 3.90. The molecule has 1 amide bonds. The molecule has 118 valence electrons. The zero-order valence-electron chi connectivity index (χ0n) is 14.0. The van der Waals surface area contributed by atoms with Crippen LogP contribution in [0.2, 0.25) is 0 Å². The normalized spacial score (nSPS) is 11.0. The monoisotopic (exact) mass is 307 g/mol. The van der Waals surface area contributed by atoms with Gasteiger partial charge in [-0.05, 0) is 74.2 Å². The predicted molar refractivity (Wildman–Crippen MR) is 93.8 cm³/mol. The molecule has 4 heteroatoms. The average Bonchev–Trinajstić information content (AvgIpc) is 2.80. The van der Waals surface area contributed by atoms with Crippen LogP contribution >= 0.6 is 0 Å². The van der Waals surface area contributed by atoms with Crippen LogP contribution in [0, 0.1) is 27.7 Å². The summed E-state index contributed by atoms with van der Waals surface area (Å²) in [5.41, 5.74) is 7.44. The van der Waals surface area contributed by atoms with Gasteiger partial charge in [0.2, 0.25) is 5.91 Å². The lowest BCUT2D eigenvalue weighted by Crippen LogP contribution is -2.18. The predicted octanol–water partition coefficient (Wildman–Crippen LogP) is 3.91. The first-order valence-electron chi connectivity index (χ1n) is 7.72. The second-order valence-electron chi connectivity index (χ2n) is 6.22. The van der Waals surface area contributed by atoms with Gasteiger partial charge >= 0.3 is 0 Å². The number of carbonyl (C=O) groups excluding carboxylic acids is 1. The van der Waals surface area contributed by atoms with E-state index in [0.29, 0.717) is 0 Å². The molecule has 0 aliphatic rings. The van der Waals surface area contributed by atoms with Crippen LogP contribution in [0.4, 0.5) is 5.69 Å². The van der Waals surface area contributed by atoms with Crippen LogP contribution in [0.1, 0.15) is 22.3 Å². The summed E-state index contributed by atoms with van der Waals surface area (Å²) in [6.45, 7) is 8.45. The zero-order valence-corrected chi connectivity index (χ0v) is 14.0. The van der Waals surface area contributed by atoms with Crippen LogP contribution in [0.3, 0.4) is 0 Å². The molecule has 1 N–H and O–H groups in total. The molecule has 0 radical (unpaired) electrons. The smallest absolute Gasteiger partial charge is 0.244 e. The number of hydrogen-bond acceptors (Lipinski definition) is 2. The van der Waals surface area contributed by atoms with Crippen LogP contribution in [0.5, 0.6) is 0 Å². The fourth-order valence-corrected chi connectivity index (χ4v) is 2.84. The number of benzene rings is 2. The Bertz CT molecular complexity index is 873. The van der Waals surface area contributed by atoms with Crippen LogP contribution in [0.25, 0.3) is 11.0 Å². The number of nitrogens with one attached hydrogen (secondary N) is 1. The van der Waals surface area contributed by atoms with Crippen molar-refractivity contribution in [2.24, 2.45) is 0 Å². The summed E-state index contributed by atoms with van der Waals surface area (Å²) >= 11 is 0. The maximum absolute atomic E-state index is 12.3. The van der Waals surface area contributed by atoms with Gasteiger partial charge in [-0.15, -0.1) is 0 Å². The highest BCUT2D eigenvalue weighted by molar-refractivity contribution is 5.91. The number of imidazole rings is 1. The van der Waals surface area contributed by atoms with E-state index in [-0.39, 0.29) is 12.5 Å². The average molecular weight is 307 g/mol. The van der Waals surface area contributed by atoms with Crippen molar-refractivity contribution in [3.63, 3.8) is 0 Å². The van der Waals surface area contributed by atoms with Gasteiger partial charge in [-0.1, -0.05) is 6.07 Å². The lowest BCUT2D eigenvalue weighted by molar-refractivity contribution is -0.116. The minimum atomic E-state index is -0.0486. The summed E-state index contributed by atoms with van der Waals surface area (Å²) in [6.07, 6.45) is 1.73. The quantitative estimate of drug-likeness (QED) is 0.797. The van der Waals surface area contributed by atoms with E-state index in [0.717, 1.165) is 27.8 Å². The lowest BCUT2D eigenvalue weighted by atomic mass is 10.1. The molecule has 3 rings (SSSR count). The van der Waals surface area contributed by atoms with Crippen LogP contribution in [-0.2, 0) is 11.3 Å². The molecule has 4 nitrogen and oxygen atoms in total. The first-order chi connectivity index (χ1) is 10.9. The summed E-state index contributed by atoms with van der Waals surface area (Å²) in [7, 11) is 0. The van der Waals surface area contributed by atoms with Gasteiger partial charge in [-0.3, -0.25) is 4.79 Å². The molecule has 0 saturated heterocycles. The van der Waals surface area contributed by atoms with Crippen molar-refractivity contribution in [1.82, 2.24) is 9.55 Å². The molecule has 0 aliphatic heterocycles. The SMILES string of the molecule is Cc1cc(C)cc(NC(=O)Cn2cnc3cc(C)c(C)cc32)c1. The molecule has 1 heterocycles. The van der Waals surface area contributed by atoms with Crippen LogP contribution in [0.15, 0.2) is 36.7 Å². The highest BCUT2D eigenvalue weighted by atomic mass is 16.1. The third-order valence-corrected chi connectivity index (χ3v) is 4.06. The van der Waals surface area contributed by atoms with Crippen molar-refractivity contribution in [2.45, 2.75) is 34.2 Å². The van der Waals surface area contributed by atoms with Gasteiger partial charge in [0.05, 0.1) is 17.4 Å². The zero-order chi connectivity index (χ0) is 16.6. The van der Waals surface area contributed by atoms with Gasteiger partial charge < -0.3 is 9.88 Å². The third-order valence-electron chi connectivity index (χ3n) is 4.06. The topological polar surface area (TPSA) is 46.9 Å². The van der Waals surface area contributed by atoms with Crippen molar-refractivity contribution in [3.8, 4) is 0 Å². The van der Waals surface area contributed by atoms with E-state index >= 15 is 0 Å². The van der Waals surface area contributed by atoms with Gasteiger partial charge in [0.25, 0.3) is 0 Å². The van der Waals surface area contributed by atoms with Crippen molar-refractivity contribution < 1.29 is 4.79 Å². The molecular weight excluding hydrogens is 286 g/mol. The number of anilines is 1. The summed E-state index contributed by atoms with van der Waals surface area (Å²) in [6, 6.07) is 10.2. The van der Waals surface area contributed by atoms with E-state index in [1.165, 1.54) is 11.1 Å². The first-order valence-corrected chi connectivity index (χ1v) is 7.72. The summed E-state index contributed by atoms with van der Waals surface area (Å²) in [5, 5.41) is 2.97. The number of amides is 1. The number of nitrogens with zero attached hydrogens (tertiary/aromatic N) is 2. The fraction of sp³-hybridized carbons (Fsp3) is 0.263. The van der Waals surface area contributed by atoms with E-state index in [9.17, 15) is 4.79 Å². The molecule has 1 aromatic heterocycles. The molecule has 0 atom stereocenters. The van der Waals surface area contributed by atoms with Gasteiger partial charge in [0.15, 0.2) is 0 Å². The molecule has 0 saturated carbocycles. The summed E-state index contributed by atoms with van der Waals surface area (Å²) < 4.78 is 1.89. The number of fused-ring (bicyclic) bond motifs is 1. The molecule has 0 bridgehead atoms. The molecule has 0 fully saturated rings. The van der Waals surface area contributed by atoms with Crippen LogP contribution < -0.4 is 5.32 Å². The second kappa shape index (κ2) is 5.88. The second-order valence-corrected chi connectivity index (χ2v) is 6.22. The molecule has 0 aliphatic carbocycles. The molecular formula is C19H21N3O. The minimum Gasteiger partial charge on any atom is -0.325 e. The van der Waals surface area contributed by atoms with Crippen molar-refractivity contribution in [1.29, 1.82) is 0 Å². The highest BCUT2D eigenvalue weighted by Gasteiger charge is 2.09. The standard InChI is InChI=1S/C19H21N3O/c1-12-5-13(2)7-16(6-12)21-19(23)10-22-11-20-17-8-14(3)15(4)9-18(17)22/h5-9,11H,10H2,1-4H3,(H,21,23). The Hall–Kier alpha value is -2.62. The number of carbonyl (C=O) groups is 1. The minimum absolute atomic E-state index is 0.0486. The fourth-order valence-electron chi connectivity index (χ4n) is 2.84. The molecule has 0 unspecified atom stereocenters. The molecule has 2 aromatic carbocycles. The lowest BCUT2D eigenvalue weighted by Gasteiger charge is -2.09. The van der Waals surface area contributed by atoms with Crippen molar-refractivity contribution in [3.05, 3.63) is 58.9 Å². The Morgan fingerprint density at radius 3 is 2.35 bits per heavy atom. The third kappa shape index (κ3) is 3.26. The number of aromatic nitrogens is 2. The van der Waals surface area contributed by atoms with E-state index < -0.39 is 0 Å².